The van der Waals surface area contributed by atoms with Crippen LogP contribution in [0.2, 0.25) is 0 Å². The van der Waals surface area contributed by atoms with Gasteiger partial charge in [-0.15, -0.1) is 11.3 Å². The summed E-state index contributed by atoms with van der Waals surface area (Å²) >= 11 is 1.21. The van der Waals surface area contributed by atoms with E-state index in [1.807, 2.05) is 0 Å². The zero-order valence-electron chi connectivity index (χ0n) is 24.4. The van der Waals surface area contributed by atoms with Crippen molar-refractivity contribution in [2.45, 2.75) is 50.6 Å². The van der Waals surface area contributed by atoms with Crippen molar-refractivity contribution in [2.75, 3.05) is 18.4 Å². The molecular formula is C32H28F2N8O3S. The molecule has 2 atom stereocenters. The molecule has 7 rings (SSSR count). The number of benzene rings is 1. The minimum atomic E-state index is -1.24. The quantitative estimate of drug-likeness (QED) is 0.276. The number of hydrogen-bond acceptors (Lipinski definition) is 8. The standard InChI is InChI=1S/C32H28F2N8O3S/c33-20-13-26-27(38-17-41(26)15-20)28(30(44)40-32-36-9-10-46-32)42-16-23-22(31(42)45)11-19(12-24(23)34)2-1-18-3-4-25(37-14-18)29(43)39-21-5-7-35-8-6-21/h3-4,9-12,14,17,20-21,28,35H,5-8,13,15-16H2,(H,39,43)(H,36,40,44)/t20-,28?/m1/s1. The topological polar surface area (TPSA) is 134 Å². The van der Waals surface area contributed by atoms with Crippen LogP contribution in [0.5, 0.6) is 0 Å². The summed E-state index contributed by atoms with van der Waals surface area (Å²) in [6.45, 7) is 1.64. The molecular weight excluding hydrogens is 614 g/mol. The minimum absolute atomic E-state index is 0.0538. The number of rotatable bonds is 6. The van der Waals surface area contributed by atoms with E-state index in [-0.39, 0.29) is 59.5 Å². The molecule has 0 spiro atoms. The number of carbonyl (C=O) groups is 3. The van der Waals surface area contributed by atoms with Gasteiger partial charge in [-0.25, -0.2) is 23.7 Å². The third-order valence-corrected chi connectivity index (χ3v) is 9.00. The van der Waals surface area contributed by atoms with Crippen LogP contribution in [0, 0.1) is 17.7 Å². The monoisotopic (exact) mass is 642 g/mol. The van der Waals surface area contributed by atoms with Crippen molar-refractivity contribution < 1.29 is 23.2 Å². The second-order valence-electron chi connectivity index (χ2n) is 11.4. The molecule has 0 saturated carbocycles. The second-order valence-corrected chi connectivity index (χ2v) is 12.3. The van der Waals surface area contributed by atoms with Gasteiger partial charge in [0, 0.05) is 58.2 Å². The predicted molar refractivity (Wildman–Crippen MR) is 164 cm³/mol. The van der Waals surface area contributed by atoms with E-state index in [0.717, 1.165) is 25.9 Å². The van der Waals surface area contributed by atoms with Crippen molar-refractivity contribution in [1.82, 2.24) is 35.1 Å². The van der Waals surface area contributed by atoms with Gasteiger partial charge in [0.25, 0.3) is 17.7 Å². The summed E-state index contributed by atoms with van der Waals surface area (Å²) in [4.78, 5) is 53.9. The lowest BCUT2D eigenvalue weighted by Gasteiger charge is -2.26. The van der Waals surface area contributed by atoms with Gasteiger partial charge in [-0.3, -0.25) is 19.7 Å². The number of amides is 3. The van der Waals surface area contributed by atoms with Crippen LogP contribution in [0.4, 0.5) is 13.9 Å². The van der Waals surface area contributed by atoms with Crippen LogP contribution >= 0.6 is 11.3 Å². The first-order chi connectivity index (χ1) is 22.3. The number of nitrogens with one attached hydrogen (secondary N) is 3. The maximum atomic E-state index is 15.5. The molecule has 1 saturated heterocycles. The van der Waals surface area contributed by atoms with Crippen molar-refractivity contribution in [3.63, 3.8) is 0 Å². The van der Waals surface area contributed by atoms with Crippen molar-refractivity contribution in [3.05, 3.63) is 93.5 Å². The Bertz CT molecular complexity index is 1880. The maximum absolute atomic E-state index is 15.5. The molecule has 46 heavy (non-hydrogen) atoms. The minimum Gasteiger partial charge on any atom is -0.348 e. The highest BCUT2D eigenvalue weighted by Crippen LogP contribution is 2.36. The molecule has 0 bridgehead atoms. The number of nitrogens with zero attached hydrogens (tertiary/aromatic N) is 5. The molecule has 3 aliphatic heterocycles. The van der Waals surface area contributed by atoms with Crippen LogP contribution in [0.25, 0.3) is 0 Å². The van der Waals surface area contributed by atoms with Crippen LogP contribution in [-0.2, 0) is 24.3 Å². The Morgan fingerprint density at radius 1 is 1.11 bits per heavy atom. The Morgan fingerprint density at radius 3 is 2.70 bits per heavy atom. The third kappa shape index (κ3) is 5.86. The van der Waals surface area contributed by atoms with Crippen molar-refractivity contribution >= 4 is 34.2 Å². The summed E-state index contributed by atoms with van der Waals surface area (Å²) in [5.41, 5.74) is 2.02. The summed E-state index contributed by atoms with van der Waals surface area (Å²) in [7, 11) is 0. The number of anilines is 1. The van der Waals surface area contributed by atoms with Gasteiger partial charge in [-0.2, -0.15) is 0 Å². The first kappa shape index (κ1) is 29.7. The van der Waals surface area contributed by atoms with E-state index in [0.29, 0.717) is 16.4 Å². The zero-order chi connectivity index (χ0) is 31.8. The Labute approximate surface area is 266 Å². The number of imidazole rings is 1. The molecule has 1 aromatic carbocycles. The summed E-state index contributed by atoms with van der Waals surface area (Å²) in [5, 5.41) is 11.0. The van der Waals surface area contributed by atoms with Gasteiger partial charge in [-0.1, -0.05) is 11.8 Å². The van der Waals surface area contributed by atoms with Gasteiger partial charge in [0.2, 0.25) is 0 Å². The summed E-state index contributed by atoms with van der Waals surface area (Å²) in [6.07, 6.45) is 5.10. The molecule has 234 valence electrons. The lowest BCUT2D eigenvalue weighted by molar-refractivity contribution is -0.121. The van der Waals surface area contributed by atoms with E-state index in [1.165, 1.54) is 47.1 Å². The lowest BCUT2D eigenvalue weighted by atomic mass is 10.1. The number of thiazole rings is 1. The number of carbonyl (C=O) groups excluding carboxylic acids is 3. The number of piperidine rings is 1. The highest BCUT2D eigenvalue weighted by atomic mass is 32.1. The number of halogens is 2. The SMILES string of the molecule is O=C(NC1CCNCC1)c1ccc(C#Cc2cc(F)c3c(c2)C(=O)N(C(C(=O)Nc2nccs2)c2ncn4c2C[C@@H](F)C4)C3)cn1. The summed E-state index contributed by atoms with van der Waals surface area (Å²) in [5.74, 6) is 3.74. The van der Waals surface area contributed by atoms with Crippen LogP contribution in [0.15, 0.2) is 48.4 Å². The average molecular weight is 643 g/mol. The lowest BCUT2D eigenvalue weighted by Crippen LogP contribution is -2.42. The highest BCUT2D eigenvalue weighted by Gasteiger charge is 2.42. The molecule has 0 aliphatic carbocycles. The Balaban J connectivity index is 1.12. The van der Waals surface area contributed by atoms with Gasteiger partial charge < -0.3 is 20.1 Å². The number of hydrogen-bond donors (Lipinski definition) is 3. The van der Waals surface area contributed by atoms with Crippen molar-refractivity contribution in [3.8, 4) is 11.8 Å². The van der Waals surface area contributed by atoms with Gasteiger partial charge in [0.15, 0.2) is 11.2 Å². The Hall–Kier alpha value is -5.00. The summed E-state index contributed by atoms with van der Waals surface area (Å²) < 4.78 is 31.4. The van der Waals surface area contributed by atoms with E-state index in [9.17, 15) is 18.8 Å². The Kier molecular flexibility index (Phi) is 8.02. The van der Waals surface area contributed by atoms with Crippen molar-refractivity contribution in [1.29, 1.82) is 0 Å². The molecule has 3 N–H and O–H groups in total. The fraction of sp³-hybridized carbons (Fsp3) is 0.312. The van der Waals surface area contributed by atoms with E-state index in [4.69, 9.17) is 0 Å². The zero-order valence-corrected chi connectivity index (χ0v) is 25.2. The molecule has 3 amide bonds. The highest BCUT2D eigenvalue weighted by molar-refractivity contribution is 7.13. The normalized spacial score (nSPS) is 18.0. The van der Waals surface area contributed by atoms with E-state index >= 15 is 4.39 Å². The molecule has 1 fully saturated rings. The summed E-state index contributed by atoms with van der Waals surface area (Å²) in [6, 6.07) is 4.84. The third-order valence-electron chi connectivity index (χ3n) is 8.31. The smallest absolute Gasteiger partial charge is 0.270 e. The van der Waals surface area contributed by atoms with Gasteiger partial charge in [0.05, 0.1) is 25.1 Å². The molecule has 3 aromatic heterocycles. The van der Waals surface area contributed by atoms with E-state index in [1.54, 1.807) is 22.1 Å². The van der Waals surface area contributed by atoms with Crippen LogP contribution < -0.4 is 16.0 Å². The molecule has 4 aromatic rings. The van der Waals surface area contributed by atoms with Crippen LogP contribution in [-0.4, -0.2) is 67.4 Å². The fourth-order valence-electron chi connectivity index (χ4n) is 6.03. The van der Waals surface area contributed by atoms with Crippen LogP contribution in [0.1, 0.15) is 67.8 Å². The predicted octanol–water partition coefficient (Wildman–Crippen LogP) is 2.99. The number of alkyl halides is 1. The van der Waals surface area contributed by atoms with Gasteiger partial charge >= 0.3 is 0 Å². The first-order valence-electron chi connectivity index (χ1n) is 14.9. The first-order valence-corrected chi connectivity index (χ1v) is 15.7. The van der Waals surface area contributed by atoms with E-state index < -0.39 is 29.8 Å². The van der Waals surface area contributed by atoms with Crippen molar-refractivity contribution in [2.24, 2.45) is 0 Å². The molecule has 0 radical (unpaired) electrons. The number of aromatic nitrogens is 4. The molecule has 14 heteroatoms. The number of pyridine rings is 1. The fourth-order valence-corrected chi connectivity index (χ4v) is 6.56. The molecule has 1 unspecified atom stereocenters. The van der Waals surface area contributed by atoms with Gasteiger partial charge in [0.1, 0.15) is 17.7 Å². The second kappa shape index (κ2) is 12.4. The average Bonchev–Trinajstić information content (AvgIpc) is 3.84. The number of fused-ring (bicyclic) bond motifs is 2. The molecule has 3 aliphatic rings. The van der Waals surface area contributed by atoms with Crippen LogP contribution in [0.3, 0.4) is 0 Å². The van der Waals surface area contributed by atoms with Gasteiger partial charge in [-0.05, 0) is 50.2 Å². The largest absolute Gasteiger partial charge is 0.348 e. The molecule has 6 heterocycles. The Morgan fingerprint density at radius 2 is 1.93 bits per heavy atom. The van der Waals surface area contributed by atoms with E-state index in [2.05, 4.69) is 42.7 Å². The maximum Gasteiger partial charge on any atom is 0.270 e. The molecule has 11 nitrogen and oxygen atoms in total.